The highest BCUT2D eigenvalue weighted by Crippen LogP contribution is 2.22. The summed E-state index contributed by atoms with van der Waals surface area (Å²) in [6.45, 7) is 4.51. The quantitative estimate of drug-likeness (QED) is 0.733. The number of hydrogen-bond acceptors (Lipinski definition) is 6. The van der Waals surface area contributed by atoms with Crippen LogP contribution in [0.5, 0.6) is 0 Å². The van der Waals surface area contributed by atoms with Crippen molar-refractivity contribution < 1.29 is 5.11 Å². The lowest BCUT2D eigenvalue weighted by molar-refractivity contribution is 0.192. The second-order valence-corrected chi connectivity index (χ2v) is 5.70. The fourth-order valence-electron chi connectivity index (χ4n) is 2.09. The first-order valence-electron chi connectivity index (χ1n) is 7.15. The molecular weight excluding hydrogens is 284 g/mol. The number of thiophene rings is 1. The monoisotopic (exact) mass is 306 g/mol. The molecule has 1 unspecified atom stereocenters. The molecule has 0 aromatic carbocycles. The predicted molar refractivity (Wildman–Crippen MR) is 88.1 cm³/mol. The van der Waals surface area contributed by atoms with Gasteiger partial charge in [-0.2, -0.15) is 11.3 Å². The third-order valence-electron chi connectivity index (χ3n) is 3.29. The van der Waals surface area contributed by atoms with Crippen molar-refractivity contribution in [2.24, 2.45) is 0 Å². The molecule has 0 aliphatic rings. The molecule has 0 aliphatic carbocycles. The molecule has 0 radical (unpaired) electrons. The van der Waals surface area contributed by atoms with Gasteiger partial charge < -0.3 is 15.7 Å². The smallest absolute Gasteiger partial charge is 0.134 e. The molecule has 21 heavy (non-hydrogen) atoms. The van der Waals surface area contributed by atoms with Crippen molar-refractivity contribution >= 4 is 23.0 Å². The summed E-state index contributed by atoms with van der Waals surface area (Å²) in [6.07, 6.45) is 1.32. The molecular formula is C15H22N4OS. The lowest BCUT2D eigenvalue weighted by atomic mass is 10.2. The number of aryl methyl sites for hydroxylation is 1. The van der Waals surface area contributed by atoms with Gasteiger partial charge in [0.05, 0.1) is 6.10 Å². The minimum absolute atomic E-state index is 0.434. The molecule has 114 valence electrons. The minimum Gasteiger partial charge on any atom is -0.387 e. The highest BCUT2D eigenvalue weighted by atomic mass is 32.1. The predicted octanol–water partition coefficient (Wildman–Crippen LogP) is 2.99. The Labute approximate surface area is 129 Å². The molecule has 2 aromatic rings. The highest BCUT2D eigenvalue weighted by molar-refractivity contribution is 7.07. The van der Waals surface area contributed by atoms with Crippen LogP contribution >= 0.6 is 11.3 Å². The van der Waals surface area contributed by atoms with E-state index in [1.807, 2.05) is 30.8 Å². The van der Waals surface area contributed by atoms with Crippen molar-refractivity contribution in [1.29, 1.82) is 0 Å². The van der Waals surface area contributed by atoms with Crippen LogP contribution in [0.25, 0.3) is 0 Å². The maximum absolute atomic E-state index is 10.1. The van der Waals surface area contributed by atoms with Crippen molar-refractivity contribution in [3.8, 4) is 0 Å². The Kier molecular flexibility index (Phi) is 5.52. The zero-order chi connectivity index (χ0) is 15.2. The maximum atomic E-state index is 10.1. The Bertz CT molecular complexity index is 571. The summed E-state index contributed by atoms with van der Waals surface area (Å²) in [5.74, 6) is 2.44. The van der Waals surface area contributed by atoms with Gasteiger partial charge >= 0.3 is 0 Å². The number of rotatable bonds is 7. The van der Waals surface area contributed by atoms with Gasteiger partial charge in [-0.25, -0.2) is 9.97 Å². The molecule has 2 heterocycles. The summed E-state index contributed by atoms with van der Waals surface area (Å²) in [7, 11) is 1.86. The van der Waals surface area contributed by atoms with Gasteiger partial charge in [-0.1, -0.05) is 6.92 Å². The standard InChI is InChI=1S/C15H22N4OS/c1-4-5-13-18-14(16-3)10(2)15(19-13)17-8-12(20)11-6-7-21-9-11/h6-7,9,12,20H,4-5,8H2,1-3H3,(H2,16,17,18,19). The third-order valence-corrected chi connectivity index (χ3v) is 3.99. The van der Waals surface area contributed by atoms with E-state index in [0.717, 1.165) is 41.4 Å². The van der Waals surface area contributed by atoms with Crippen molar-refractivity contribution in [3.63, 3.8) is 0 Å². The molecule has 1 atom stereocenters. The van der Waals surface area contributed by atoms with Crippen LogP contribution in [0.3, 0.4) is 0 Å². The number of anilines is 2. The number of nitrogens with zero attached hydrogens (tertiary/aromatic N) is 2. The molecule has 0 fully saturated rings. The maximum Gasteiger partial charge on any atom is 0.134 e. The van der Waals surface area contributed by atoms with E-state index in [2.05, 4.69) is 27.5 Å². The molecule has 0 amide bonds. The van der Waals surface area contributed by atoms with Crippen LogP contribution in [0.2, 0.25) is 0 Å². The van der Waals surface area contributed by atoms with Crippen LogP contribution in [-0.4, -0.2) is 28.7 Å². The van der Waals surface area contributed by atoms with E-state index in [1.165, 1.54) is 0 Å². The van der Waals surface area contributed by atoms with E-state index in [-0.39, 0.29) is 0 Å². The van der Waals surface area contributed by atoms with Crippen molar-refractivity contribution in [2.45, 2.75) is 32.8 Å². The average molecular weight is 306 g/mol. The first-order chi connectivity index (χ1) is 10.2. The molecule has 0 saturated heterocycles. The summed E-state index contributed by atoms with van der Waals surface area (Å²) in [4.78, 5) is 9.05. The molecule has 6 heteroatoms. The average Bonchev–Trinajstić information content (AvgIpc) is 3.01. The van der Waals surface area contributed by atoms with Gasteiger partial charge in [0.25, 0.3) is 0 Å². The van der Waals surface area contributed by atoms with Crippen molar-refractivity contribution in [3.05, 3.63) is 33.8 Å². The zero-order valence-electron chi connectivity index (χ0n) is 12.7. The normalized spacial score (nSPS) is 12.2. The first kappa shape index (κ1) is 15.7. The highest BCUT2D eigenvalue weighted by Gasteiger charge is 2.12. The second kappa shape index (κ2) is 7.38. The number of nitrogens with one attached hydrogen (secondary N) is 2. The second-order valence-electron chi connectivity index (χ2n) is 4.92. The molecule has 2 rings (SSSR count). The van der Waals surface area contributed by atoms with Gasteiger partial charge in [0.2, 0.25) is 0 Å². The van der Waals surface area contributed by atoms with Crippen LogP contribution in [-0.2, 0) is 6.42 Å². The molecule has 0 spiro atoms. The largest absolute Gasteiger partial charge is 0.387 e. The number of hydrogen-bond donors (Lipinski definition) is 3. The first-order valence-corrected chi connectivity index (χ1v) is 8.09. The zero-order valence-corrected chi connectivity index (χ0v) is 13.5. The summed E-state index contributed by atoms with van der Waals surface area (Å²) in [5.41, 5.74) is 1.90. The summed E-state index contributed by atoms with van der Waals surface area (Å²) < 4.78 is 0. The van der Waals surface area contributed by atoms with Crippen LogP contribution in [0, 0.1) is 6.92 Å². The SMILES string of the molecule is CCCc1nc(NC)c(C)c(NCC(O)c2ccsc2)n1. The fraction of sp³-hybridized carbons (Fsp3) is 0.467. The van der Waals surface area contributed by atoms with Gasteiger partial charge in [0, 0.05) is 25.6 Å². The topological polar surface area (TPSA) is 70.1 Å². The van der Waals surface area contributed by atoms with Gasteiger partial charge in [-0.05, 0) is 35.7 Å². The van der Waals surface area contributed by atoms with Crippen molar-refractivity contribution in [1.82, 2.24) is 9.97 Å². The fourth-order valence-corrected chi connectivity index (χ4v) is 2.80. The van der Waals surface area contributed by atoms with Crippen LogP contribution in [0.4, 0.5) is 11.6 Å². The number of aliphatic hydroxyl groups is 1. The summed E-state index contributed by atoms with van der Waals surface area (Å²) in [5, 5.41) is 20.4. The molecule has 5 nitrogen and oxygen atoms in total. The van der Waals surface area contributed by atoms with E-state index in [1.54, 1.807) is 11.3 Å². The molecule has 0 bridgehead atoms. The van der Waals surface area contributed by atoms with E-state index >= 15 is 0 Å². The molecule has 0 aliphatic heterocycles. The molecule has 2 aromatic heterocycles. The number of aliphatic hydroxyl groups excluding tert-OH is 1. The summed E-state index contributed by atoms with van der Waals surface area (Å²) >= 11 is 1.58. The Morgan fingerprint density at radius 3 is 2.71 bits per heavy atom. The van der Waals surface area contributed by atoms with Crippen LogP contribution in [0.15, 0.2) is 16.8 Å². The van der Waals surface area contributed by atoms with Gasteiger partial charge in [0.15, 0.2) is 0 Å². The Morgan fingerprint density at radius 1 is 1.33 bits per heavy atom. The Morgan fingerprint density at radius 2 is 2.10 bits per heavy atom. The molecule has 3 N–H and O–H groups in total. The van der Waals surface area contributed by atoms with Crippen molar-refractivity contribution in [2.75, 3.05) is 24.2 Å². The number of aromatic nitrogens is 2. The van der Waals surface area contributed by atoms with E-state index in [4.69, 9.17) is 0 Å². The summed E-state index contributed by atoms with van der Waals surface area (Å²) in [6, 6.07) is 1.94. The van der Waals surface area contributed by atoms with E-state index < -0.39 is 6.10 Å². The van der Waals surface area contributed by atoms with Gasteiger partial charge in [-0.15, -0.1) is 0 Å². The van der Waals surface area contributed by atoms with E-state index in [9.17, 15) is 5.11 Å². The van der Waals surface area contributed by atoms with Gasteiger partial charge in [-0.3, -0.25) is 0 Å². The Hall–Kier alpha value is -1.66. The lowest BCUT2D eigenvalue weighted by Crippen LogP contribution is -2.15. The molecule has 0 saturated carbocycles. The van der Waals surface area contributed by atoms with Crippen LogP contribution in [0.1, 0.15) is 36.4 Å². The van der Waals surface area contributed by atoms with Gasteiger partial charge in [0.1, 0.15) is 17.5 Å². The Balaban J connectivity index is 2.12. The third kappa shape index (κ3) is 3.92. The minimum atomic E-state index is -0.529. The lowest BCUT2D eigenvalue weighted by Gasteiger charge is -2.15. The van der Waals surface area contributed by atoms with E-state index in [0.29, 0.717) is 6.54 Å². The van der Waals surface area contributed by atoms with Crippen LogP contribution < -0.4 is 10.6 Å².